The minimum Gasteiger partial charge on any atom is -0.460 e. The summed E-state index contributed by atoms with van der Waals surface area (Å²) in [6, 6.07) is 6.13. The average Bonchev–Trinajstić information content (AvgIpc) is 2.37. The van der Waals surface area contributed by atoms with Crippen molar-refractivity contribution in [1.82, 2.24) is 0 Å². The second-order valence-corrected chi connectivity index (χ2v) is 4.11. The van der Waals surface area contributed by atoms with Crippen LogP contribution in [-0.2, 0) is 14.3 Å². The van der Waals surface area contributed by atoms with Crippen LogP contribution in [0.4, 0.5) is 0 Å². The van der Waals surface area contributed by atoms with Gasteiger partial charge in [-0.25, -0.2) is 4.79 Å². The fourth-order valence-corrected chi connectivity index (χ4v) is 1.49. The molecule has 0 amide bonds. The first-order valence-electron chi connectivity index (χ1n) is 5.48. The van der Waals surface area contributed by atoms with E-state index in [1.807, 2.05) is 0 Å². The second-order valence-electron chi connectivity index (χ2n) is 3.68. The molecule has 5 heteroatoms. The maximum Gasteiger partial charge on any atom is 0.375 e. The molecule has 0 fully saturated rings. The Bertz CT molecular complexity index is 464. The summed E-state index contributed by atoms with van der Waals surface area (Å²) in [5.41, 5.74) is 0.338. The van der Waals surface area contributed by atoms with E-state index in [0.717, 1.165) is 0 Å². The zero-order valence-corrected chi connectivity index (χ0v) is 10.9. The Labute approximate surface area is 110 Å². The normalized spacial score (nSPS) is 11.7. The zero-order chi connectivity index (χ0) is 13.7. The number of ether oxygens (including phenoxy) is 1. The first-order chi connectivity index (χ1) is 8.47. The molecule has 0 aliphatic heterocycles. The van der Waals surface area contributed by atoms with Crippen LogP contribution in [0.15, 0.2) is 24.3 Å². The Morgan fingerprint density at radius 1 is 1.22 bits per heavy atom. The van der Waals surface area contributed by atoms with Crippen molar-refractivity contribution in [3.05, 3.63) is 34.9 Å². The number of Topliss-reactive ketones (excluding diaryl/α,β-unsaturated/α-hetero) is 2. The number of carbonyl (C=O) groups excluding carboxylic acids is 3. The van der Waals surface area contributed by atoms with E-state index in [4.69, 9.17) is 11.6 Å². The van der Waals surface area contributed by atoms with Gasteiger partial charge in [-0.1, -0.05) is 11.6 Å². The van der Waals surface area contributed by atoms with E-state index < -0.39 is 23.5 Å². The van der Waals surface area contributed by atoms with Gasteiger partial charge in [0.2, 0.25) is 0 Å². The van der Waals surface area contributed by atoms with E-state index in [9.17, 15) is 14.4 Å². The van der Waals surface area contributed by atoms with Crippen LogP contribution in [-0.4, -0.2) is 24.1 Å². The maximum atomic E-state index is 11.9. The van der Waals surface area contributed by atoms with Gasteiger partial charge in [0.05, 0.1) is 12.5 Å². The molecule has 1 atom stereocenters. The molecule has 0 spiro atoms. The molecule has 0 saturated heterocycles. The summed E-state index contributed by atoms with van der Waals surface area (Å²) in [6.45, 7) is 3.08. The van der Waals surface area contributed by atoms with E-state index in [2.05, 4.69) is 4.74 Å². The van der Waals surface area contributed by atoms with Gasteiger partial charge in [-0.05, 0) is 38.1 Å². The molecular weight excluding hydrogens is 256 g/mol. The van der Waals surface area contributed by atoms with Crippen LogP contribution in [0, 0.1) is 5.92 Å². The number of halogens is 1. The zero-order valence-electron chi connectivity index (χ0n) is 10.1. The van der Waals surface area contributed by atoms with Gasteiger partial charge in [-0.15, -0.1) is 0 Å². The van der Waals surface area contributed by atoms with Crippen molar-refractivity contribution in [2.45, 2.75) is 13.8 Å². The van der Waals surface area contributed by atoms with Gasteiger partial charge < -0.3 is 4.74 Å². The Morgan fingerprint density at radius 3 is 2.28 bits per heavy atom. The molecule has 0 aromatic heterocycles. The minimum atomic E-state index is -1.05. The lowest BCUT2D eigenvalue weighted by atomic mass is 9.95. The third-order valence-electron chi connectivity index (χ3n) is 2.39. The third kappa shape index (κ3) is 3.40. The molecule has 0 aliphatic rings. The molecule has 0 heterocycles. The van der Waals surface area contributed by atoms with Crippen LogP contribution in [0.1, 0.15) is 24.2 Å². The average molecular weight is 269 g/mol. The van der Waals surface area contributed by atoms with Crippen LogP contribution in [0.25, 0.3) is 0 Å². The molecule has 1 rings (SSSR count). The standard InChI is InChI=1S/C13H13ClO4/c1-3-18-13(17)12(16)8(2)11(15)9-4-6-10(14)7-5-9/h4-8H,3H2,1-2H3/t8-/m0/s1. The van der Waals surface area contributed by atoms with Crippen LogP contribution in [0.2, 0.25) is 5.02 Å². The van der Waals surface area contributed by atoms with Crippen molar-refractivity contribution in [3.63, 3.8) is 0 Å². The molecule has 0 bridgehead atoms. The quantitative estimate of drug-likeness (QED) is 0.356. The van der Waals surface area contributed by atoms with E-state index in [1.165, 1.54) is 19.1 Å². The van der Waals surface area contributed by atoms with Crippen LogP contribution in [0.5, 0.6) is 0 Å². The number of carbonyl (C=O) groups is 3. The number of esters is 1. The lowest BCUT2D eigenvalue weighted by Gasteiger charge is -2.08. The number of hydrogen-bond acceptors (Lipinski definition) is 4. The number of ketones is 2. The predicted octanol–water partition coefficient (Wildman–Crippen LogP) is 2.29. The number of benzene rings is 1. The van der Waals surface area contributed by atoms with E-state index in [0.29, 0.717) is 10.6 Å². The van der Waals surface area contributed by atoms with Crippen molar-refractivity contribution < 1.29 is 19.1 Å². The van der Waals surface area contributed by atoms with Gasteiger partial charge in [-0.3, -0.25) is 9.59 Å². The summed E-state index contributed by atoms with van der Waals surface area (Å²) >= 11 is 5.70. The first-order valence-corrected chi connectivity index (χ1v) is 5.86. The molecule has 18 heavy (non-hydrogen) atoms. The van der Waals surface area contributed by atoms with E-state index in [1.54, 1.807) is 19.1 Å². The molecular formula is C13H13ClO4. The second kappa shape index (κ2) is 6.31. The van der Waals surface area contributed by atoms with Crippen molar-refractivity contribution in [1.29, 1.82) is 0 Å². The molecule has 0 radical (unpaired) electrons. The highest BCUT2D eigenvalue weighted by Gasteiger charge is 2.29. The predicted molar refractivity (Wildman–Crippen MR) is 66.6 cm³/mol. The maximum absolute atomic E-state index is 11.9. The monoisotopic (exact) mass is 268 g/mol. The van der Waals surface area contributed by atoms with Crippen LogP contribution >= 0.6 is 11.6 Å². The number of rotatable bonds is 5. The molecule has 0 N–H and O–H groups in total. The summed E-state index contributed by atoms with van der Waals surface area (Å²) in [5.74, 6) is -3.29. The Balaban J connectivity index is 2.81. The number of hydrogen-bond donors (Lipinski definition) is 0. The van der Waals surface area contributed by atoms with Gasteiger partial charge in [0.25, 0.3) is 5.78 Å². The summed E-state index contributed by atoms with van der Waals surface area (Å²) in [6.07, 6.45) is 0. The summed E-state index contributed by atoms with van der Waals surface area (Å²) in [5, 5.41) is 0.496. The van der Waals surface area contributed by atoms with Crippen molar-refractivity contribution in [3.8, 4) is 0 Å². The summed E-state index contributed by atoms with van der Waals surface area (Å²) in [7, 11) is 0. The molecule has 0 saturated carbocycles. The Hall–Kier alpha value is -1.68. The molecule has 1 aromatic rings. The molecule has 0 unspecified atom stereocenters. The van der Waals surface area contributed by atoms with E-state index in [-0.39, 0.29) is 6.61 Å². The highest BCUT2D eigenvalue weighted by Crippen LogP contribution is 2.14. The van der Waals surface area contributed by atoms with Gasteiger partial charge in [0, 0.05) is 10.6 Å². The molecule has 4 nitrogen and oxygen atoms in total. The molecule has 1 aromatic carbocycles. The lowest BCUT2D eigenvalue weighted by Crippen LogP contribution is -2.29. The Kier molecular flexibility index (Phi) is 5.04. The molecule has 0 aliphatic carbocycles. The Morgan fingerprint density at radius 2 is 1.78 bits per heavy atom. The fourth-order valence-electron chi connectivity index (χ4n) is 1.36. The van der Waals surface area contributed by atoms with Crippen molar-refractivity contribution in [2.24, 2.45) is 5.92 Å². The summed E-state index contributed by atoms with van der Waals surface area (Å²) in [4.78, 5) is 34.8. The van der Waals surface area contributed by atoms with Gasteiger partial charge >= 0.3 is 5.97 Å². The SMILES string of the molecule is CCOC(=O)C(=O)[C@@H](C)C(=O)c1ccc(Cl)cc1. The van der Waals surface area contributed by atoms with E-state index >= 15 is 0 Å². The topological polar surface area (TPSA) is 60.4 Å². The van der Waals surface area contributed by atoms with Crippen molar-refractivity contribution in [2.75, 3.05) is 6.61 Å². The molecule has 96 valence electrons. The fraction of sp³-hybridized carbons (Fsp3) is 0.308. The first kappa shape index (κ1) is 14.4. The highest BCUT2D eigenvalue weighted by atomic mass is 35.5. The third-order valence-corrected chi connectivity index (χ3v) is 2.64. The van der Waals surface area contributed by atoms with Gasteiger partial charge in [0.1, 0.15) is 0 Å². The highest BCUT2D eigenvalue weighted by molar-refractivity contribution is 6.39. The lowest BCUT2D eigenvalue weighted by molar-refractivity contribution is -0.154. The van der Waals surface area contributed by atoms with Gasteiger partial charge in [-0.2, -0.15) is 0 Å². The summed E-state index contributed by atoms with van der Waals surface area (Å²) < 4.78 is 4.57. The van der Waals surface area contributed by atoms with Crippen LogP contribution < -0.4 is 0 Å². The minimum absolute atomic E-state index is 0.104. The smallest absolute Gasteiger partial charge is 0.375 e. The van der Waals surface area contributed by atoms with Gasteiger partial charge in [0.15, 0.2) is 5.78 Å². The van der Waals surface area contributed by atoms with Crippen LogP contribution in [0.3, 0.4) is 0 Å². The largest absolute Gasteiger partial charge is 0.460 e. The van der Waals surface area contributed by atoms with Crippen molar-refractivity contribution >= 4 is 29.1 Å².